The van der Waals surface area contributed by atoms with Crippen LogP contribution in [0.3, 0.4) is 0 Å². The first kappa shape index (κ1) is 14.4. The number of rotatable bonds is 10. The summed E-state index contributed by atoms with van der Waals surface area (Å²) in [4.78, 5) is 11.2. The molecule has 0 aliphatic rings. The fourth-order valence-electron chi connectivity index (χ4n) is 1.46. The summed E-state index contributed by atoms with van der Waals surface area (Å²) in [7, 11) is 0. The molecule has 0 atom stereocenters. The smallest absolute Gasteiger partial charge is 0.219 e. The Morgan fingerprint density at radius 3 is 2.40 bits per heavy atom. The Balaban J connectivity index is 3.10. The van der Waals surface area contributed by atoms with E-state index in [0.717, 1.165) is 12.8 Å². The maximum absolute atomic E-state index is 11.2. The number of aliphatic hydroxyl groups excluding tert-OH is 1. The van der Waals surface area contributed by atoms with Crippen LogP contribution in [0.15, 0.2) is 0 Å². The minimum absolute atomic E-state index is 0.124. The van der Waals surface area contributed by atoms with Crippen molar-refractivity contribution in [3.8, 4) is 0 Å². The van der Waals surface area contributed by atoms with Gasteiger partial charge in [0, 0.05) is 19.6 Å². The third kappa shape index (κ3) is 11.4. The fourth-order valence-corrected chi connectivity index (χ4v) is 1.46. The summed E-state index contributed by atoms with van der Waals surface area (Å²) in [6.45, 7) is 2.96. The molecular weight excluding hydrogens is 190 g/mol. The van der Waals surface area contributed by atoms with Gasteiger partial charge in [-0.05, 0) is 12.8 Å². The summed E-state index contributed by atoms with van der Waals surface area (Å²) in [5.74, 6) is 0.124. The van der Waals surface area contributed by atoms with Gasteiger partial charge in [-0.3, -0.25) is 4.79 Å². The van der Waals surface area contributed by atoms with Gasteiger partial charge in [0.2, 0.25) is 5.91 Å². The Hall–Kier alpha value is -0.570. The number of hydrogen-bond acceptors (Lipinski definition) is 2. The first-order valence-electron chi connectivity index (χ1n) is 6.18. The van der Waals surface area contributed by atoms with Crippen molar-refractivity contribution >= 4 is 5.91 Å². The van der Waals surface area contributed by atoms with Crippen LogP contribution < -0.4 is 5.32 Å². The molecule has 0 rings (SSSR count). The summed E-state index contributed by atoms with van der Waals surface area (Å²) in [6.07, 6.45) is 8.56. The number of carbonyl (C=O) groups is 1. The maximum Gasteiger partial charge on any atom is 0.219 e. The molecule has 0 unspecified atom stereocenters. The summed E-state index contributed by atoms with van der Waals surface area (Å²) in [5, 5.41) is 11.3. The second-order valence-electron chi connectivity index (χ2n) is 3.94. The number of unbranched alkanes of at least 4 members (excludes halogenated alkanes) is 5. The molecule has 0 aliphatic heterocycles. The lowest BCUT2D eigenvalue weighted by molar-refractivity contribution is -0.121. The van der Waals surface area contributed by atoms with Crippen LogP contribution >= 0.6 is 0 Å². The molecule has 0 aromatic rings. The molecule has 0 saturated carbocycles. The Morgan fingerprint density at radius 2 is 1.73 bits per heavy atom. The third-order valence-electron chi connectivity index (χ3n) is 2.41. The summed E-state index contributed by atoms with van der Waals surface area (Å²) < 4.78 is 0. The van der Waals surface area contributed by atoms with Gasteiger partial charge >= 0.3 is 0 Å². The topological polar surface area (TPSA) is 49.3 Å². The molecule has 2 N–H and O–H groups in total. The van der Waals surface area contributed by atoms with E-state index >= 15 is 0 Å². The van der Waals surface area contributed by atoms with Gasteiger partial charge in [-0.1, -0.05) is 39.0 Å². The summed E-state index contributed by atoms with van der Waals surface area (Å²) >= 11 is 0. The van der Waals surface area contributed by atoms with E-state index in [4.69, 9.17) is 5.11 Å². The Labute approximate surface area is 93.3 Å². The van der Waals surface area contributed by atoms with Crippen molar-refractivity contribution in [2.75, 3.05) is 13.2 Å². The van der Waals surface area contributed by atoms with Crippen molar-refractivity contribution in [1.82, 2.24) is 5.32 Å². The zero-order chi connectivity index (χ0) is 11.4. The van der Waals surface area contributed by atoms with E-state index in [9.17, 15) is 4.79 Å². The summed E-state index contributed by atoms with van der Waals surface area (Å²) in [5.41, 5.74) is 0. The Bertz CT molecular complexity index is 149. The molecule has 15 heavy (non-hydrogen) atoms. The second-order valence-corrected chi connectivity index (χ2v) is 3.94. The molecule has 0 aromatic carbocycles. The molecule has 3 nitrogen and oxygen atoms in total. The van der Waals surface area contributed by atoms with Gasteiger partial charge < -0.3 is 10.4 Å². The quantitative estimate of drug-likeness (QED) is 0.549. The van der Waals surface area contributed by atoms with Gasteiger partial charge in [-0.15, -0.1) is 0 Å². The monoisotopic (exact) mass is 215 g/mol. The molecule has 0 saturated heterocycles. The van der Waals surface area contributed by atoms with E-state index in [1.54, 1.807) is 0 Å². The largest absolute Gasteiger partial charge is 0.396 e. The van der Waals surface area contributed by atoms with Crippen LogP contribution in [0.5, 0.6) is 0 Å². The molecule has 0 spiro atoms. The highest BCUT2D eigenvalue weighted by Gasteiger charge is 1.99. The van der Waals surface area contributed by atoms with Crippen molar-refractivity contribution in [3.05, 3.63) is 0 Å². The average molecular weight is 215 g/mol. The lowest BCUT2D eigenvalue weighted by Gasteiger charge is -2.03. The standard InChI is InChI=1S/C12H25NO2/c1-2-3-4-5-6-7-9-12(15)13-10-8-11-14/h14H,2-11H2,1H3,(H,13,15). The summed E-state index contributed by atoms with van der Waals surface area (Å²) in [6, 6.07) is 0. The van der Waals surface area contributed by atoms with Crippen LogP contribution in [0.4, 0.5) is 0 Å². The zero-order valence-corrected chi connectivity index (χ0v) is 9.93. The fraction of sp³-hybridized carbons (Fsp3) is 0.917. The number of aliphatic hydroxyl groups is 1. The second kappa shape index (κ2) is 11.5. The van der Waals surface area contributed by atoms with E-state index in [-0.39, 0.29) is 12.5 Å². The predicted molar refractivity (Wildman–Crippen MR) is 62.7 cm³/mol. The van der Waals surface area contributed by atoms with Crippen LogP contribution in [0.2, 0.25) is 0 Å². The maximum atomic E-state index is 11.2. The minimum atomic E-state index is 0.124. The first-order chi connectivity index (χ1) is 7.31. The van der Waals surface area contributed by atoms with Crippen LogP contribution in [0, 0.1) is 0 Å². The van der Waals surface area contributed by atoms with Crippen molar-refractivity contribution < 1.29 is 9.90 Å². The van der Waals surface area contributed by atoms with E-state index in [1.165, 1.54) is 25.7 Å². The van der Waals surface area contributed by atoms with Gasteiger partial charge in [-0.25, -0.2) is 0 Å². The average Bonchev–Trinajstić information content (AvgIpc) is 2.23. The van der Waals surface area contributed by atoms with Crippen LogP contribution in [0.1, 0.15) is 58.3 Å². The molecule has 3 heteroatoms. The normalized spacial score (nSPS) is 10.3. The number of carbonyl (C=O) groups excluding carboxylic acids is 1. The van der Waals surface area contributed by atoms with Gasteiger partial charge in [0.15, 0.2) is 0 Å². The molecule has 0 aliphatic carbocycles. The molecule has 0 heterocycles. The highest BCUT2D eigenvalue weighted by Crippen LogP contribution is 2.06. The predicted octanol–water partition coefficient (Wildman–Crippen LogP) is 2.24. The Kier molecular flexibility index (Phi) is 11.1. The Morgan fingerprint density at radius 1 is 1.07 bits per heavy atom. The van der Waals surface area contributed by atoms with Crippen molar-refractivity contribution in [2.24, 2.45) is 0 Å². The van der Waals surface area contributed by atoms with Gasteiger partial charge in [-0.2, -0.15) is 0 Å². The molecule has 0 fully saturated rings. The molecule has 0 aromatic heterocycles. The minimum Gasteiger partial charge on any atom is -0.396 e. The van der Waals surface area contributed by atoms with Crippen LogP contribution in [-0.4, -0.2) is 24.2 Å². The third-order valence-corrected chi connectivity index (χ3v) is 2.41. The number of amides is 1. The van der Waals surface area contributed by atoms with Crippen molar-refractivity contribution in [3.63, 3.8) is 0 Å². The van der Waals surface area contributed by atoms with Crippen LogP contribution in [0.25, 0.3) is 0 Å². The SMILES string of the molecule is CCCCCCCCC(=O)NCCCO. The first-order valence-corrected chi connectivity index (χ1v) is 6.18. The molecule has 0 bridgehead atoms. The van der Waals surface area contributed by atoms with Crippen LogP contribution in [-0.2, 0) is 4.79 Å². The highest BCUT2D eigenvalue weighted by molar-refractivity contribution is 5.75. The van der Waals surface area contributed by atoms with Gasteiger partial charge in [0.1, 0.15) is 0 Å². The van der Waals surface area contributed by atoms with E-state index in [0.29, 0.717) is 19.4 Å². The molecule has 0 radical (unpaired) electrons. The van der Waals surface area contributed by atoms with Gasteiger partial charge in [0.05, 0.1) is 0 Å². The van der Waals surface area contributed by atoms with Crippen molar-refractivity contribution in [1.29, 1.82) is 0 Å². The lowest BCUT2D eigenvalue weighted by atomic mass is 10.1. The number of hydrogen-bond donors (Lipinski definition) is 2. The van der Waals surface area contributed by atoms with Crippen molar-refractivity contribution in [2.45, 2.75) is 58.3 Å². The van der Waals surface area contributed by atoms with E-state index in [2.05, 4.69) is 12.2 Å². The number of nitrogens with one attached hydrogen (secondary N) is 1. The van der Waals surface area contributed by atoms with E-state index < -0.39 is 0 Å². The molecule has 90 valence electrons. The molecular formula is C12H25NO2. The van der Waals surface area contributed by atoms with E-state index in [1.807, 2.05) is 0 Å². The lowest BCUT2D eigenvalue weighted by Crippen LogP contribution is -2.24. The molecule has 1 amide bonds. The highest BCUT2D eigenvalue weighted by atomic mass is 16.3. The zero-order valence-electron chi connectivity index (χ0n) is 9.93. The van der Waals surface area contributed by atoms with Gasteiger partial charge in [0.25, 0.3) is 0 Å².